The molecule has 1 aliphatic rings. The number of amides is 1. The van der Waals surface area contributed by atoms with E-state index in [1.807, 2.05) is 35.8 Å². The first kappa shape index (κ1) is 18.2. The summed E-state index contributed by atoms with van der Waals surface area (Å²) < 4.78 is 1.85. The third kappa shape index (κ3) is 4.67. The van der Waals surface area contributed by atoms with Crippen LogP contribution in [0.25, 0.3) is 0 Å². The van der Waals surface area contributed by atoms with Crippen LogP contribution in [0.15, 0.2) is 18.5 Å². The number of nitrogens with one attached hydrogen (secondary N) is 1. The molecule has 1 aliphatic heterocycles. The van der Waals surface area contributed by atoms with Crippen LogP contribution < -0.4 is 5.32 Å². The highest BCUT2D eigenvalue weighted by Gasteiger charge is 2.30. The van der Waals surface area contributed by atoms with Gasteiger partial charge in [-0.25, -0.2) is 0 Å². The van der Waals surface area contributed by atoms with Crippen molar-refractivity contribution >= 4 is 30.7 Å². The van der Waals surface area contributed by atoms with Gasteiger partial charge in [0, 0.05) is 31.9 Å². The predicted octanol–water partition coefficient (Wildman–Crippen LogP) is 1.04. The molecule has 1 atom stereocenters. The van der Waals surface area contributed by atoms with E-state index >= 15 is 0 Å². The molecule has 0 spiro atoms. The van der Waals surface area contributed by atoms with Gasteiger partial charge < -0.3 is 10.2 Å². The Balaban J connectivity index is 0.00000162. The Morgan fingerprint density at radius 3 is 2.68 bits per heavy atom. The highest BCUT2D eigenvalue weighted by Crippen LogP contribution is 2.17. The minimum absolute atomic E-state index is 0. The van der Waals surface area contributed by atoms with Crippen molar-refractivity contribution in [2.45, 2.75) is 13.5 Å². The third-order valence-electron chi connectivity index (χ3n) is 3.51. The Morgan fingerprint density at radius 1 is 1.53 bits per heavy atom. The first-order valence-corrected chi connectivity index (χ1v) is 6.11. The largest absolute Gasteiger partial charge is 0.344 e. The van der Waals surface area contributed by atoms with E-state index in [0.717, 1.165) is 19.6 Å². The number of rotatable bonds is 5. The van der Waals surface area contributed by atoms with Gasteiger partial charge in [-0.3, -0.25) is 9.48 Å². The van der Waals surface area contributed by atoms with Crippen LogP contribution in [-0.2, 0) is 11.3 Å². The highest BCUT2D eigenvalue weighted by molar-refractivity contribution is 5.85. The number of hydrogen-bond donors (Lipinski definition) is 1. The van der Waals surface area contributed by atoms with E-state index in [9.17, 15) is 4.79 Å². The molecule has 0 radical (unpaired) electrons. The molecule has 0 aliphatic carbocycles. The van der Waals surface area contributed by atoms with Crippen molar-refractivity contribution in [3.8, 4) is 0 Å². The molecular weight excluding hydrogens is 287 g/mol. The number of nitrogens with zero attached hydrogens (tertiary/aromatic N) is 3. The van der Waals surface area contributed by atoms with Gasteiger partial charge in [-0.15, -0.1) is 24.8 Å². The first-order chi connectivity index (χ1) is 8.18. The van der Waals surface area contributed by atoms with Crippen molar-refractivity contribution < 1.29 is 4.79 Å². The number of likely N-dealkylation sites (N-methyl/N-ethyl adjacent to an activating group) is 1. The lowest BCUT2D eigenvalue weighted by Crippen LogP contribution is -2.50. The Bertz CT molecular complexity index is 368. The van der Waals surface area contributed by atoms with Gasteiger partial charge >= 0.3 is 0 Å². The fourth-order valence-corrected chi connectivity index (χ4v) is 2.01. The summed E-state index contributed by atoms with van der Waals surface area (Å²) in [6.45, 7) is 5.44. The lowest BCUT2D eigenvalue weighted by molar-refractivity contribution is -0.136. The molecule has 19 heavy (non-hydrogen) atoms. The number of carbonyl (C=O) groups is 1. The SMILES string of the molecule is CC(C(=O)N(C)CCn1cccn1)C1CNC1.Cl.Cl. The van der Waals surface area contributed by atoms with Crippen LogP contribution in [0.5, 0.6) is 0 Å². The second-order valence-electron chi connectivity index (χ2n) is 4.74. The number of aromatic nitrogens is 2. The molecule has 2 heterocycles. The lowest BCUT2D eigenvalue weighted by Gasteiger charge is -2.33. The molecule has 0 bridgehead atoms. The Morgan fingerprint density at radius 2 is 2.21 bits per heavy atom. The van der Waals surface area contributed by atoms with Gasteiger partial charge in [0.15, 0.2) is 0 Å². The Hall–Kier alpha value is -0.780. The quantitative estimate of drug-likeness (QED) is 0.884. The number of carbonyl (C=O) groups excluding carboxylic acids is 1. The summed E-state index contributed by atoms with van der Waals surface area (Å²) in [5, 5.41) is 7.33. The zero-order valence-electron chi connectivity index (χ0n) is 11.3. The van der Waals surface area contributed by atoms with Gasteiger partial charge in [-0.1, -0.05) is 6.92 Å². The summed E-state index contributed by atoms with van der Waals surface area (Å²) in [4.78, 5) is 13.9. The van der Waals surface area contributed by atoms with Gasteiger partial charge in [0.05, 0.1) is 6.54 Å². The lowest BCUT2D eigenvalue weighted by atomic mass is 9.88. The van der Waals surface area contributed by atoms with E-state index in [1.54, 1.807) is 6.20 Å². The molecule has 1 aromatic heterocycles. The maximum Gasteiger partial charge on any atom is 0.225 e. The van der Waals surface area contributed by atoms with Gasteiger partial charge in [0.1, 0.15) is 0 Å². The topological polar surface area (TPSA) is 50.2 Å². The van der Waals surface area contributed by atoms with Crippen LogP contribution in [0.1, 0.15) is 6.92 Å². The molecule has 1 unspecified atom stereocenters. The Kier molecular flexibility index (Phi) is 8.06. The molecule has 1 saturated heterocycles. The molecule has 1 N–H and O–H groups in total. The molecule has 2 rings (SSSR count). The van der Waals surface area contributed by atoms with Crippen LogP contribution in [0.3, 0.4) is 0 Å². The van der Waals surface area contributed by atoms with Gasteiger partial charge in [0.25, 0.3) is 0 Å². The molecule has 110 valence electrons. The zero-order chi connectivity index (χ0) is 12.3. The third-order valence-corrected chi connectivity index (χ3v) is 3.51. The summed E-state index contributed by atoms with van der Waals surface area (Å²) in [5.74, 6) is 0.872. The summed E-state index contributed by atoms with van der Waals surface area (Å²) in [5.41, 5.74) is 0. The predicted molar refractivity (Wildman–Crippen MR) is 79.9 cm³/mol. The number of halogens is 2. The monoisotopic (exact) mass is 308 g/mol. The van der Waals surface area contributed by atoms with Crippen molar-refractivity contribution in [2.75, 3.05) is 26.7 Å². The van der Waals surface area contributed by atoms with Crippen LogP contribution in [0.4, 0.5) is 0 Å². The van der Waals surface area contributed by atoms with Gasteiger partial charge in [0.2, 0.25) is 5.91 Å². The minimum atomic E-state index is 0. The molecule has 0 saturated carbocycles. The average Bonchev–Trinajstić information content (AvgIpc) is 2.75. The fourth-order valence-electron chi connectivity index (χ4n) is 2.01. The molecule has 7 heteroatoms. The van der Waals surface area contributed by atoms with E-state index in [-0.39, 0.29) is 36.6 Å². The van der Waals surface area contributed by atoms with E-state index in [1.165, 1.54) is 0 Å². The van der Waals surface area contributed by atoms with Crippen LogP contribution in [0, 0.1) is 11.8 Å². The average molecular weight is 309 g/mol. The van der Waals surface area contributed by atoms with Crippen molar-refractivity contribution in [1.29, 1.82) is 0 Å². The Labute approximate surface area is 126 Å². The van der Waals surface area contributed by atoms with Crippen LogP contribution in [0.2, 0.25) is 0 Å². The van der Waals surface area contributed by atoms with E-state index in [2.05, 4.69) is 10.4 Å². The maximum atomic E-state index is 12.1. The molecule has 1 aromatic rings. The summed E-state index contributed by atoms with van der Waals surface area (Å²) in [6.07, 6.45) is 3.67. The van der Waals surface area contributed by atoms with Gasteiger partial charge in [-0.05, 0) is 25.1 Å². The normalized spacial score (nSPS) is 15.7. The summed E-state index contributed by atoms with van der Waals surface area (Å²) in [7, 11) is 1.87. The van der Waals surface area contributed by atoms with E-state index in [4.69, 9.17) is 0 Å². The minimum Gasteiger partial charge on any atom is -0.344 e. The fraction of sp³-hybridized carbons (Fsp3) is 0.667. The van der Waals surface area contributed by atoms with Crippen molar-refractivity contribution in [2.24, 2.45) is 11.8 Å². The number of hydrogen-bond acceptors (Lipinski definition) is 3. The molecule has 0 aromatic carbocycles. The standard InChI is InChI=1S/C12H20N4O.2ClH/c1-10(11-8-13-9-11)12(17)15(2)6-7-16-5-3-4-14-16;;/h3-5,10-11,13H,6-9H2,1-2H3;2*1H. The maximum absolute atomic E-state index is 12.1. The highest BCUT2D eigenvalue weighted by atomic mass is 35.5. The molecule has 1 fully saturated rings. The molecular formula is C12H22Cl2N4O. The zero-order valence-corrected chi connectivity index (χ0v) is 12.9. The van der Waals surface area contributed by atoms with Crippen molar-refractivity contribution in [3.05, 3.63) is 18.5 Å². The summed E-state index contributed by atoms with van der Waals surface area (Å²) >= 11 is 0. The van der Waals surface area contributed by atoms with Gasteiger partial charge in [-0.2, -0.15) is 5.10 Å². The smallest absolute Gasteiger partial charge is 0.225 e. The van der Waals surface area contributed by atoms with Crippen molar-refractivity contribution in [3.63, 3.8) is 0 Å². The second-order valence-corrected chi connectivity index (χ2v) is 4.74. The van der Waals surface area contributed by atoms with E-state index < -0.39 is 0 Å². The van der Waals surface area contributed by atoms with Crippen LogP contribution in [-0.4, -0.2) is 47.3 Å². The molecule has 1 amide bonds. The van der Waals surface area contributed by atoms with E-state index in [0.29, 0.717) is 12.5 Å². The first-order valence-electron chi connectivity index (χ1n) is 6.11. The molecule has 5 nitrogen and oxygen atoms in total. The van der Waals surface area contributed by atoms with Crippen LogP contribution >= 0.6 is 24.8 Å². The van der Waals surface area contributed by atoms with Crippen molar-refractivity contribution in [1.82, 2.24) is 20.0 Å². The summed E-state index contributed by atoms with van der Waals surface area (Å²) in [6, 6.07) is 1.89. The second kappa shape index (κ2) is 8.40.